The molecule has 0 aliphatic heterocycles. The molecule has 0 atom stereocenters. The van der Waals surface area contributed by atoms with Crippen molar-refractivity contribution in [1.82, 2.24) is 25.1 Å². The fourth-order valence-corrected chi connectivity index (χ4v) is 2.59. The average molecular weight is 354 g/mol. The first-order valence-corrected chi connectivity index (χ1v) is 7.97. The van der Waals surface area contributed by atoms with Crippen molar-refractivity contribution in [2.45, 2.75) is 0 Å². The van der Waals surface area contributed by atoms with Crippen LogP contribution in [-0.4, -0.2) is 45.0 Å². The molecule has 2 aromatic carbocycles. The van der Waals surface area contributed by atoms with Gasteiger partial charge in [-0.25, -0.2) is 0 Å². The summed E-state index contributed by atoms with van der Waals surface area (Å²) in [6.07, 6.45) is 1.69. The Bertz CT molecular complexity index is 918. The zero-order valence-corrected chi connectivity index (χ0v) is 14.6. The van der Waals surface area contributed by atoms with Gasteiger partial charge >= 0.3 is 0 Å². The molecule has 3 aromatic rings. The van der Waals surface area contributed by atoms with Crippen molar-refractivity contribution in [2.75, 3.05) is 14.1 Å². The average Bonchev–Trinajstić information content (AvgIpc) is 3.09. The molecular formula is C18H16ClN5O. The summed E-state index contributed by atoms with van der Waals surface area (Å²) >= 11 is 6.20. The zero-order chi connectivity index (χ0) is 17.8. The first-order valence-electron chi connectivity index (χ1n) is 7.59. The van der Waals surface area contributed by atoms with Crippen LogP contribution in [0.4, 0.5) is 0 Å². The molecule has 3 rings (SSSR count). The highest BCUT2D eigenvalue weighted by Gasteiger charge is 2.23. The fraction of sp³-hybridized carbons (Fsp3) is 0.111. The molecule has 6 nitrogen and oxygen atoms in total. The highest BCUT2D eigenvalue weighted by molar-refractivity contribution is 6.38. The molecule has 126 valence electrons. The van der Waals surface area contributed by atoms with Crippen LogP contribution in [-0.2, 0) is 0 Å². The number of hydrogen-bond donors (Lipinski definition) is 0. The van der Waals surface area contributed by atoms with E-state index in [0.29, 0.717) is 22.0 Å². The molecule has 0 fully saturated rings. The number of benzene rings is 2. The smallest absolute Gasteiger partial charge is 0.199 e. The highest BCUT2D eigenvalue weighted by Crippen LogP contribution is 2.24. The topological polar surface area (TPSA) is 63.9 Å². The third-order valence-electron chi connectivity index (χ3n) is 3.46. The van der Waals surface area contributed by atoms with Crippen molar-refractivity contribution in [1.29, 1.82) is 0 Å². The van der Waals surface area contributed by atoms with Crippen LogP contribution in [0.15, 0.2) is 60.8 Å². The highest BCUT2D eigenvalue weighted by atomic mass is 35.5. The number of halogens is 1. The minimum atomic E-state index is -0.244. The molecule has 7 heteroatoms. The minimum Gasteiger partial charge on any atom is -0.383 e. The molecule has 0 radical (unpaired) electrons. The second kappa shape index (κ2) is 7.27. The lowest BCUT2D eigenvalue weighted by molar-refractivity contribution is 0.105. The Morgan fingerprint density at radius 2 is 1.76 bits per heavy atom. The van der Waals surface area contributed by atoms with Gasteiger partial charge in [-0.1, -0.05) is 41.9 Å². The lowest BCUT2D eigenvalue weighted by Crippen LogP contribution is -2.14. The van der Waals surface area contributed by atoms with Gasteiger partial charge in [0.25, 0.3) is 0 Å². The van der Waals surface area contributed by atoms with Gasteiger partial charge in [-0.3, -0.25) is 4.79 Å². The molecule has 0 aliphatic carbocycles. The summed E-state index contributed by atoms with van der Waals surface area (Å²) in [4.78, 5) is 14.9. The van der Waals surface area contributed by atoms with Gasteiger partial charge in [-0.05, 0) is 34.7 Å². The normalized spacial score (nSPS) is 11.4. The van der Waals surface area contributed by atoms with Gasteiger partial charge in [0, 0.05) is 25.9 Å². The Hall–Kier alpha value is -2.99. The van der Waals surface area contributed by atoms with Crippen LogP contribution >= 0.6 is 11.6 Å². The van der Waals surface area contributed by atoms with E-state index in [1.165, 1.54) is 4.68 Å². The number of Topliss-reactive ketones (excluding diaryl/α,β-unsaturated/α-hetero) is 1. The molecule has 0 unspecified atom stereocenters. The summed E-state index contributed by atoms with van der Waals surface area (Å²) in [5.41, 5.74) is 1.52. The summed E-state index contributed by atoms with van der Waals surface area (Å²) in [7, 11) is 3.66. The van der Waals surface area contributed by atoms with Crippen molar-refractivity contribution in [3.63, 3.8) is 0 Å². The van der Waals surface area contributed by atoms with E-state index in [4.69, 9.17) is 11.6 Å². The van der Waals surface area contributed by atoms with Gasteiger partial charge in [-0.15, -0.1) is 5.10 Å². The van der Waals surface area contributed by atoms with Crippen molar-refractivity contribution < 1.29 is 4.79 Å². The van der Waals surface area contributed by atoms with E-state index in [1.807, 2.05) is 44.4 Å². The second-order valence-electron chi connectivity index (χ2n) is 5.57. The fourth-order valence-electron chi connectivity index (χ4n) is 2.36. The van der Waals surface area contributed by atoms with E-state index in [2.05, 4.69) is 15.5 Å². The Morgan fingerprint density at radius 3 is 2.44 bits per heavy atom. The van der Waals surface area contributed by atoms with Gasteiger partial charge in [0.15, 0.2) is 11.6 Å². The number of carbonyl (C=O) groups excluding carboxylic acids is 1. The molecule has 0 spiro atoms. The molecule has 1 heterocycles. The predicted molar refractivity (Wildman–Crippen MR) is 96.6 cm³/mol. The molecule has 0 saturated heterocycles. The Labute approximate surface area is 150 Å². The SMILES string of the molecule is CN(C)C=C(C(=O)c1ccccc1Cl)c1nnnn1-c1ccccc1. The maximum Gasteiger partial charge on any atom is 0.199 e. The number of ketones is 1. The number of allylic oxidation sites excluding steroid dienone is 1. The Balaban J connectivity index is 2.12. The molecule has 0 saturated carbocycles. The van der Waals surface area contributed by atoms with Crippen molar-refractivity contribution in [2.24, 2.45) is 0 Å². The van der Waals surface area contributed by atoms with Gasteiger partial charge < -0.3 is 4.90 Å². The first kappa shape index (κ1) is 16.9. The van der Waals surface area contributed by atoms with Gasteiger partial charge in [-0.2, -0.15) is 4.68 Å². The van der Waals surface area contributed by atoms with E-state index in [9.17, 15) is 4.79 Å². The van der Waals surface area contributed by atoms with E-state index in [-0.39, 0.29) is 5.78 Å². The number of aromatic nitrogens is 4. The maximum absolute atomic E-state index is 13.1. The van der Waals surface area contributed by atoms with Crippen LogP contribution in [0.25, 0.3) is 11.3 Å². The molecule has 1 aromatic heterocycles. The lowest BCUT2D eigenvalue weighted by atomic mass is 10.0. The number of nitrogens with zero attached hydrogens (tertiary/aromatic N) is 5. The van der Waals surface area contributed by atoms with Crippen LogP contribution < -0.4 is 0 Å². The zero-order valence-electron chi connectivity index (χ0n) is 13.8. The van der Waals surface area contributed by atoms with E-state index < -0.39 is 0 Å². The molecule has 0 bridgehead atoms. The summed E-state index contributed by atoms with van der Waals surface area (Å²) in [5.74, 6) is 0.108. The maximum atomic E-state index is 13.1. The first-order chi connectivity index (χ1) is 12.1. The quantitative estimate of drug-likeness (QED) is 0.521. The summed E-state index contributed by atoms with van der Waals surface area (Å²) in [6.45, 7) is 0. The van der Waals surface area contributed by atoms with Gasteiger partial charge in [0.1, 0.15) is 0 Å². The van der Waals surface area contributed by atoms with Gasteiger partial charge in [0.2, 0.25) is 0 Å². The second-order valence-corrected chi connectivity index (χ2v) is 5.97. The Kier molecular flexibility index (Phi) is 4.90. The monoisotopic (exact) mass is 353 g/mol. The van der Waals surface area contributed by atoms with Crippen LogP contribution in [0, 0.1) is 0 Å². The van der Waals surface area contributed by atoms with Crippen LogP contribution in [0.2, 0.25) is 5.02 Å². The molecule has 0 amide bonds. The van der Waals surface area contributed by atoms with Crippen LogP contribution in [0.1, 0.15) is 16.2 Å². The number of carbonyl (C=O) groups is 1. The summed E-state index contributed by atoms with van der Waals surface area (Å²) < 4.78 is 1.53. The van der Waals surface area contributed by atoms with Gasteiger partial charge in [0.05, 0.1) is 16.3 Å². The molecular weight excluding hydrogens is 338 g/mol. The number of hydrogen-bond acceptors (Lipinski definition) is 5. The van der Waals surface area contributed by atoms with Crippen molar-refractivity contribution in [3.05, 3.63) is 77.2 Å². The number of tetrazole rings is 1. The minimum absolute atomic E-state index is 0.244. The van der Waals surface area contributed by atoms with E-state index in [0.717, 1.165) is 5.69 Å². The molecule has 25 heavy (non-hydrogen) atoms. The summed E-state index contributed by atoms with van der Waals surface area (Å²) in [5, 5.41) is 12.2. The number of para-hydroxylation sites is 1. The Morgan fingerprint density at radius 1 is 1.08 bits per heavy atom. The third kappa shape index (κ3) is 3.59. The van der Waals surface area contributed by atoms with E-state index in [1.54, 1.807) is 35.4 Å². The van der Waals surface area contributed by atoms with Crippen LogP contribution in [0.3, 0.4) is 0 Å². The lowest BCUT2D eigenvalue weighted by Gasteiger charge is -2.12. The summed E-state index contributed by atoms with van der Waals surface area (Å²) in [6, 6.07) is 16.3. The van der Waals surface area contributed by atoms with Crippen LogP contribution in [0.5, 0.6) is 0 Å². The molecule has 0 aliphatic rings. The largest absolute Gasteiger partial charge is 0.383 e. The number of rotatable bonds is 5. The van der Waals surface area contributed by atoms with Crippen molar-refractivity contribution in [3.8, 4) is 5.69 Å². The third-order valence-corrected chi connectivity index (χ3v) is 3.79. The van der Waals surface area contributed by atoms with E-state index >= 15 is 0 Å². The van der Waals surface area contributed by atoms with Crippen molar-refractivity contribution >= 4 is 23.0 Å². The standard InChI is InChI=1S/C18H16ClN5O/c1-23(2)12-15(17(25)14-10-6-7-11-16(14)19)18-20-21-22-24(18)13-8-4-3-5-9-13/h3-12H,1-2H3. The molecule has 0 N–H and O–H groups in total. The predicted octanol–water partition coefficient (Wildman–Crippen LogP) is 3.10.